The van der Waals surface area contributed by atoms with Crippen molar-refractivity contribution in [3.05, 3.63) is 11.9 Å². The molecule has 1 saturated carbocycles. The van der Waals surface area contributed by atoms with Crippen molar-refractivity contribution in [3.63, 3.8) is 0 Å². The standard InChI is InChI=1S/C14H22N4O2/c1-15-12-8-14(17-13(16-12)9-19-2)18-6-7-20-11-5-3-4-10(11)18/h8,10-11H,3-7,9H2,1-2H3,(H,15,16,17). The fourth-order valence-electron chi connectivity index (χ4n) is 3.16. The maximum atomic E-state index is 5.86. The van der Waals surface area contributed by atoms with Crippen LogP contribution in [0.1, 0.15) is 25.1 Å². The Morgan fingerprint density at radius 3 is 3.15 bits per heavy atom. The fraction of sp³-hybridized carbons (Fsp3) is 0.714. The summed E-state index contributed by atoms with van der Waals surface area (Å²) < 4.78 is 11.0. The predicted molar refractivity (Wildman–Crippen MR) is 77.0 cm³/mol. The molecular formula is C14H22N4O2. The van der Waals surface area contributed by atoms with Gasteiger partial charge in [-0.1, -0.05) is 0 Å². The van der Waals surface area contributed by atoms with E-state index in [4.69, 9.17) is 9.47 Å². The molecule has 1 aliphatic carbocycles. The first-order chi connectivity index (χ1) is 9.81. The summed E-state index contributed by atoms with van der Waals surface area (Å²) in [6.07, 6.45) is 3.95. The number of nitrogens with zero attached hydrogens (tertiary/aromatic N) is 3. The highest BCUT2D eigenvalue weighted by Gasteiger charge is 2.36. The Balaban J connectivity index is 1.89. The summed E-state index contributed by atoms with van der Waals surface area (Å²) in [7, 11) is 3.54. The summed E-state index contributed by atoms with van der Waals surface area (Å²) >= 11 is 0. The molecule has 3 rings (SSSR count). The number of fused-ring (bicyclic) bond motifs is 1. The first kappa shape index (κ1) is 13.6. The number of methoxy groups -OCH3 is 1. The van der Waals surface area contributed by atoms with Crippen molar-refractivity contribution >= 4 is 11.6 Å². The summed E-state index contributed by atoms with van der Waals surface area (Å²) in [6, 6.07) is 2.47. The second-order valence-corrected chi connectivity index (χ2v) is 5.31. The topological polar surface area (TPSA) is 59.5 Å². The number of nitrogens with one attached hydrogen (secondary N) is 1. The van der Waals surface area contributed by atoms with Crippen LogP contribution >= 0.6 is 0 Å². The minimum atomic E-state index is 0.364. The summed E-state index contributed by atoms with van der Waals surface area (Å²) in [6.45, 7) is 2.11. The van der Waals surface area contributed by atoms with Gasteiger partial charge in [0.15, 0.2) is 5.82 Å². The number of hydrogen-bond donors (Lipinski definition) is 1. The van der Waals surface area contributed by atoms with Crippen LogP contribution in [0, 0.1) is 0 Å². The molecule has 20 heavy (non-hydrogen) atoms. The molecule has 0 aromatic carbocycles. The van der Waals surface area contributed by atoms with Gasteiger partial charge < -0.3 is 19.7 Å². The number of anilines is 2. The molecule has 6 heteroatoms. The third-order valence-corrected chi connectivity index (χ3v) is 4.06. The Hall–Kier alpha value is -1.40. The van der Waals surface area contributed by atoms with Crippen LogP contribution in [0.15, 0.2) is 6.07 Å². The molecule has 0 bridgehead atoms. The Labute approximate surface area is 119 Å². The molecular weight excluding hydrogens is 256 g/mol. The van der Waals surface area contributed by atoms with Crippen LogP contribution in [0.5, 0.6) is 0 Å². The second-order valence-electron chi connectivity index (χ2n) is 5.31. The number of ether oxygens (including phenoxy) is 2. The Morgan fingerprint density at radius 2 is 2.35 bits per heavy atom. The monoisotopic (exact) mass is 278 g/mol. The van der Waals surface area contributed by atoms with E-state index in [1.807, 2.05) is 13.1 Å². The summed E-state index contributed by atoms with van der Waals surface area (Å²) in [5.41, 5.74) is 0. The number of rotatable bonds is 4. The zero-order valence-electron chi connectivity index (χ0n) is 12.1. The van der Waals surface area contributed by atoms with Gasteiger partial charge in [0.1, 0.15) is 18.2 Å². The normalized spacial score (nSPS) is 25.6. The highest BCUT2D eigenvalue weighted by Crippen LogP contribution is 2.32. The van der Waals surface area contributed by atoms with Crippen molar-refractivity contribution in [1.82, 2.24) is 9.97 Å². The third-order valence-electron chi connectivity index (χ3n) is 4.06. The summed E-state index contributed by atoms with van der Waals surface area (Å²) in [5.74, 6) is 2.54. The molecule has 2 aliphatic rings. The molecule has 0 spiro atoms. The van der Waals surface area contributed by atoms with E-state index >= 15 is 0 Å². The van der Waals surface area contributed by atoms with E-state index in [1.165, 1.54) is 12.8 Å². The highest BCUT2D eigenvalue weighted by atomic mass is 16.5. The molecule has 1 N–H and O–H groups in total. The minimum absolute atomic E-state index is 0.364. The van der Waals surface area contributed by atoms with Crippen molar-refractivity contribution < 1.29 is 9.47 Å². The Kier molecular flexibility index (Phi) is 4.03. The average Bonchev–Trinajstić information content (AvgIpc) is 2.95. The zero-order valence-corrected chi connectivity index (χ0v) is 12.1. The van der Waals surface area contributed by atoms with Crippen molar-refractivity contribution in [2.45, 2.75) is 38.0 Å². The van der Waals surface area contributed by atoms with Gasteiger partial charge in [0, 0.05) is 26.8 Å². The van der Waals surface area contributed by atoms with E-state index in [0.717, 1.165) is 37.0 Å². The van der Waals surface area contributed by atoms with Crippen molar-refractivity contribution in [3.8, 4) is 0 Å². The predicted octanol–water partition coefficient (Wildman–Crippen LogP) is 1.42. The molecule has 1 aliphatic heterocycles. The molecule has 2 fully saturated rings. The lowest BCUT2D eigenvalue weighted by Gasteiger charge is -2.38. The zero-order chi connectivity index (χ0) is 13.9. The second kappa shape index (κ2) is 5.93. The lowest BCUT2D eigenvalue weighted by Crippen LogP contribution is -2.49. The SMILES string of the molecule is CNc1cc(N2CCOC3CCCC32)nc(COC)n1. The van der Waals surface area contributed by atoms with Crippen molar-refractivity contribution in [2.24, 2.45) is 0 Å². The van der Waals surface area contributed by atoms with E-state index in [1.54, 1.807) is 7.11 Å². The smallest absolute Gasteiger partial charge is 0.158 e. The average molecular weight is 278 g/mol. The van der Waals surface area contributed by atoms with E-state index in [2.05, 4.69) is 20.2 Å². The van der Waals surface area contributed by atoms with Crippen LogP contribution in [-0.4, -0.2) is 49.4 Å². The van der Waals surface area contributed by atoms with E-state index < -0.39 is 0 Å². The van der Waals surface area contributed by atoms with Gasteiger partial charge in [0.05, 0.1) is 18.8 Å². The molecule has 2 heterocycles. The maximum absolute atomic E-state index is 5.86. The minimum Gasteiger partial charge on any atom is -0.377 e. The highest BCUT2D eigenvalue weighted by molar-refractivity contribution is 5.50. The molecule has 2 unspecified atom stereocenters. The molecule has 6 nitrogen and oxygen atoms in total. The fourth-order valence-corrected chi connectivity index (χ4v) is 3.16. The quantitative estimate of drug-likeness (QED) is 0.899. The lowest BCUT2D eigenvalue weighted by atomic mass is 10.1. The number of hydrogen-bond acceptors (Lipinski definition) is 6. The van der Waals surface area contributed by atoms with Gasteiger partial charge in [-0.2, -0.15) is 0 Å². The maximum Gasteiger partial charge on any atom is 0.158 e. The van der Waals surface area contributed by atoms with Crippen molar-refractivity contribution in [1.29, 1.82) is 0 Å². The van der Waals surface area contributed by atoms with Gasteiger partial charge >= 0.3 is 0 Å². The van der Waals surface area contributed by atoms with Gasteiger partial charge in [0.25, 0.3) is 0 Å². The summed E-state index contributed by atoms with van der Waals surface area (Å²) in [5, 5.41) is 3.10. The Bertz CT molecular complexity index is 468. The Morgan fingerprint density at radius 1 is 1.45 bits per heavy atom. The molecule has 1 aromatic rings. The largest absolute Gasteiger partial charge is 0.377 e. The van der Waals surface area contributed by atoms with Gasteiger partial charge in [-0.25, -0.2) is 9.97 Å². The van der Waals surface area contributed by atoms with Gasteiger partial charge in [-0.3, -0.25) is 0 Å². The third kappa shape index (κ3) is 2.58. The lowest BCUT2D eigenvalue weighted by molar-refractivity contribution is 0.0253. The molecule has 0 amide bonds. The van der Waals surface area contributed by atoms with E-state index in [0.29, 0.717) is 18.8 Å². The number of morpholine rings is 1. The van der Waals surface area contributed by atoms with Crippen LogP contribution in [0.2, 0.25) is 0 Å². The first-order valence-electron chi connectivity index (χ1n) is 7.24. The van der Waals surface area contributed by atoms with Crippen LogP contribution in [0.4, 0.5) is 11.6 Å². The summed E-state index contributed by atoms with van der Waals surface area (Å²) in [4.78, 5) is 11.4. The molecule has 1 saturated heterocycles. The van der Waals surface area contributed by atoms with Crippen LogP contribution in [0.3, 0.4) is 0 Å². The van der Waals surface area contributed by atoms with Gasteiger partial charge in [-0.05, 0) is 19.3 Å². The molecule has 110 valence electrons. The van der Waals surface area contributed by atoms with Crippen LogP contribution in [-0.2, 0) is 16.1 Å². The molecule has 1 aromatic heterocycles. The molecule has 0 radical (unpaired) electrons. The van der Waals surface area contributed by atoms with Gasteiger partial charge in [0.2, 0.25) is 0 Å². The van der Waals surface area contributed by atoms with E-state index in [-0.39, 0.29) is 0 Å². The van der Waals surface area contributed by atoms with Crippen molar-refractivity contribution in [2.75, 3.05) is 37.5 Å². The van der Waals surface area contributed by atoms with Crippen LogP contribution in [0.25, 0.3) is 0 Å². The molecule has 2 atom stereocenters. The first-order valence-corrected chi connectivity index (χ1v) is 7.24. The van der Waals surface area contributed by atoms with E-state index in [9.17, 15) is 0 Å². The van der Waals surface area contributed by atoms with Crippen LogP contribution < -0.4 is 10.2 Å². The number of aromatic nitrogens is 2. The van der Waals surface area contributed by atoms with Gasteiger partial charge in [-0.15, -0.1) is 0 Å².